The van der Waals surface area contributed by atoms with E-state index in [0.29, 0.717) is 12.8 Å². The molecule has 0 amide bonds. The Kier molecular flexibility index (Phi) is 2.18. The Hall–Kier alpha value is -0.0400. The van der Waals surface area contributed by atoms with Gasteiger partial charge in [-0.1, -0.05) is 13.8 Å². The molecule has 0 saturated heterocycles. The summed E-state index contributed by atoms with van der Waals surface area (Å²) in [4.78, 5) is 0. The van der Waals surface area contributed by atoms with Crippen LogP contribution in [0, 0.1) is 5.92 Å². The second kappa shape index (κ2) is 3.16. The van der Waals surface area contributed by atoms with E-state index in [1.807, 2.05) is 7.05 Å². The van der Waals surface area contributed by atoms with Crippen LogP contribution in [-0.2, 0) is 0 Å². The normalized spacial score (nSPS) is 16.7. The molecule has 1 heteroatoms. The predicted molar refractivity (Wildman–Crippen MR) is 28.8 cm³/mol. The molecule has 1 atom stereocenters. The SMILES string of the molecule is [2H]CC(C)CNC. The summed E-state index contributed by atoms with van der Waals surface area (Å²) < 4.78 is 6.87. The van der Waals surface area contributed by atoms with Crippen LogP contribution in [0.3, 0.4) is 0 Å². The summed E-state index contributed by atoms with van der Waals surface area (Å²) in [5, 5.41) is 3.00. The van der Waals surface area contributed by atoms with E-state index < -0.39 is 0 Å². The maximum Gasteiger partial charge on any atom is 0.0234 e. The Labute approximate surface area is 41.2 Å². The van der Waals surface area contributed by atoms with Crippen LogP contribution in [0.15, 0.2) is 0 Å². The van der Waals surface area contributed by atoms with Crippen LogP contribution in [0.2, 0.25) is 0 Å². The molecule has 0 bridgehead atoms. The summed E-state index contributed by atoms with van der Waals surface area (Å²) in [6, 6.07) is 0. The predicted octanol–water partition coefficient (Wildman–Crippen LogP) is 0.862. The second-order valence-electron chi connectivity index (χ2n) is 1.66. The Morgan fingerprint density at radius 1 is 2.00 bits per heavy atom. The van der Waals surface area contributed by atoms with Crippen LogP contribution in [0.25, 0.3) is 0 Å². The molecule has 1 N–H and O–H groups in total. The molecule has 0 aromatic heterocycles. The van der Waals surface area contributed by atoms with Gasteiger partial charge in [0.05, 0.1) is 0 Å². The zero-order valence-electron chi connectivity index (χ0n) is 5.49. The van der Waals surface area contributed by atoms with Gasteiger partial charge in [0.25, 0.3) is 0 Å². The highest BCUT2D eigenvalue weighted by molar-refractivity contribution is 4.42. The highest BCUT2D eigenvalue weighted by Gasteiger charge is 1.84. The summed E-state index contributed by atoms with van der Waals surface area (Å²) in [5.41, 5.74) is 0. The van der Waals surface area contributed by atoms with Crippen LogP contribution in [0.1, 0.15) is 15.2 Å². The van der Waals surface area contributed by atoms with E-state index in [0.717, 1.165) is 6.54 Å². The monoisotopic (exact) mass is 88.1 g/mol. The first-order chi connectivity index (χ1) is 3.31. The Morgan fingerprint density at radius 2 is 2.67 bits per heavy atom. The summed E-state index contributed by atoms with van der Waals surface area (Å²) in [5.74, 6) is 0.505. The molecule has 0 aromatic rings. The molecule has 1 nitrogen and oxygen atoms in total. The van der Waals surface area contributed by atoms with Gasteiger partial charge < -0.3 is 5.32 Å². The van der Waals surface area contributed by atoms with Gasteiger partial charge in [-0.3, -0.25) is 0 Å². The average molecular weight is 88.2 g/mol. The van der Waals surface area contributed by atoms with E-state index in [2.05, 4.69) is 12.2 Å². The quantitative estimate of drug-likeness (QED) is 0.528. The van der Waals surface area contributed by atoms with Gasteiger partial charge in [0.2, 0.25) is 0 Å². The first-order valence-electron chi connectivity index (χ1n) is 2.95. The standard InChI is InChI=1S/C5H13N/c1-5(2)4-6-3/h5-6H,4H2,1-3H3/i1D. The van der Waals surface area contributed by atoms with Gasteiger partial charge in [-0.2, -0.15) is 0 Å². The van der Waals surface area contributed by atoms with Gasteiger partial charge in [0.15, 0.2) is 0 Å². The Bertz CT molecular complexity index is 39.1. The van der Waals surface area contributed by atoms with Crippen molar-refractivity contribution < 1.29 is 1.37 Å². The van der Waals surface area contributed by atoms with E-state index in [9.17, 15) is 0 Å². The topological polar surface area (TPSA) is 12.0 Å². The van der Waals surface area contributed by atoms with Gasteiger partial charge in [-0.15, -0.1) is 0 Å². The molecular weight excluding hydrogens is 74.1 g/mol. The summed E-state index contributed by atoms with van der Waals surface area (Å²) in [7, 11) is 1.91. The van der Waals surface area contributed by atoms with Gasteiger partial charge in [0, 0.05) is 1.37 Å². The van der Waals surface area contributed by atoms with Gasteiger partial charge in [-0.05, 0) is 19.5 Å². The lowest BCUT2D eigenvalue weighted by Crippen LogP contribution is -2.12. The molecule has 6 heavy (non-hydrogen) atoms. The van der Waals surface area contributed by atoms with Crippen LogP contribution < -0.4 is 5.32 Å². The van der Waals surface area contributed by atoms with E-state index in [1.54, 1.807) is 0 Å². The maximum atomic E-state index is 6.87. The first kappa shape index (κ1) is 4.13. The van der Waals surface area contributed by atoms with Crippen molar-refractivity contribution in [1.82, 2.24) is 5.32 Å². The molecule has 0 radical (unpaired) electrons. The summed E-state index contributed by atoms with van der Waals surface area (Å²) in [6.45, 7) is 3.55. The van der Waals surface area contributed by atoms with Crippen molar-refractivity contribution in [2.24, 2.45) is 5.92 Å². The molecular formula is C5H13N. The molecule has 1 unspecified atom stereocenters. The molecule has 0 aliphatic carbocycles. The molecule has 0 fully saturated rings. The zero-order valence-corrected chi connectivity index (χ0v) is 4.49. The molecule has 0 spiro atoms. The lowest BCUT2D eigenvalue weighted by molar-refractivity contribution is 0.595. The van der Waals surface area contributed by atoms with Crippen LogP contribution in [-0.4, -0.2) is 13.6 Å². The van der Waals surface area contributed by atoms with Crippen molar-refractivity contribution in [3.05, 3.63) is 0 Å². The fourth-order valence-corrected chi connectivity index (χ4v) is 0.348. The molecule has 38 valence electrons. The molecule has 0 aliphatic heterocycles. The van der Waals surface area contributed by atoms with Crippen molar-refractivity contribution in [3.8, 4) is 0 Å². The van der Waals surface area contributed by atoms with Crippen molar-refractivity contribution in [2.75, 3.05) is 13.6 Å². The van der Waals surface area contributed by atoms with Crippen LogP contribution in [0.5, 0.6) is 0 Å². The van der Waals surface area contributed by atoms with E-state index >= 15 is 0 Å². The molecule has 0 aliphatic rings. The smallest absolute Gasteiger partial charge is 0.0234 e. The molecule has 0 aromatic carbocycles. The van der Waals surface area contributed by atoms with Gasteiger partial charge >= 0.3 is 0 Å². The summed E-state index contributed by atoms with van der Waals surface area (Å²) >= 11 is 0. The highest BCUT2D eigenvalue weighted by atomic mass is 14.8. The third-order valence-electron chi connectivity index (χ3n) is 0.553. The number of nitrogens with one attached hydrogen (secondary N) is 1. The van der Waals surface area contributed by atoms with Gasteiger partial charge in [-0.25, -0.2) is 0 Å². The minimum absolute atomic E-state index is 0.505. The van der Waals surface area contributed by atoms with E-state index in [1.165, 1.54) is 0 Å². The van der Waals surface area contributed by atoms with Crippen molar-refractivity contribution >= 4 is 0 Å². The fraction of sp³-hybridized carbons (Fsp3) is 1.00. The van der Waals surface area contributed by atoms with Crippen molar-refractivity contribution in [1.29, 1.82) is 0 Å². The minimum atomic E-state index is 0.505. The lowest BCUT2D eigenvalue weighted by atomic mass is 10.2. The van der Waals surface area contributed by atoms with E-state index in [4.69, 9.17) is 1.37 Å². The second-order valence-corrected chi connectivity index (χ2v) is 1.66. The lowest BCUT2D eigenvalue weighted by Gasteiger charge is -1.98. The maximum absolute atomic E-state index is 6.87. The minimum Gasteiger partial charge on any atom is -0.319 e. The Morgan fingerprint density at radius 3 is 2.83 bits per heavy atom. The molecule has 0 saturated carbocycles. The van der Waals surface area contributed by atoms with Crippen molar-refractivity contribution in [2.45, 2.75) is 13.8 Å². The van der Waals surface area contributed by atoms with Gasteiger partial charge in [0.1, 0.15) is 0 Å². The Balaban J connectivity index is 2.83. The molecule has 0 rings (SSSR count). The zero-order chi connectivity index (χ0) is 5.70. The van der Waals surface area contributed by atoms with E-state index in [-0.39, 0.29) is 0 Å². The van der Waals surface area contributed by atoms with Crippen LogP contribution in [0.4, 0.5) is 0 Å². The number of rotatable bonds is 2. The average Bonchev–Trinajstić information content (AvgIpc) is 1.68. The van der Waals surface area contributed by atoms with Crippen LogP contribution >= 0.6 is 0 Å². The number of hydrogen-bond donors (Lipinski definition) is 1. The fourth-order valence-electron chi connectivity index (χ4n) is 0.348. The first-order valence-corrected chi connectivity index (χ1v) is 2.25. The third-order valence-corrected chi connectivity index (χ3v) is 0.553. The number of hydrogen-bond acceptors (Lipinski definition) is 1. The largest absolute Gasteiger partial charge is 0.319 e. The summed E-state index contributed by atoms with van der Waals surface area (Å²) in [6.07, 6.45) is 0. The third kappa shape index (κ3) is 3.96. The highest BCUT2D eigenvalue weighted by Crippen LogP contribution is 1.83. The molecule has 0 heterocycles. The van der Waals surface area contributed by atoms with Crippen molar-refractivity contribution in [3.63, 3.8) is 0 Å².